The minimum absolute atomic E-state index is 0.148. The number of amides is 2. The maximum absolute atomic E-state index is 12.5. The largest absolute Gasteiger partial charge is 0.506 e. The fraction of sp³-hybridized carbons (Fsp3) is 0.357. The predicted octanol–water partition coefficient (Wildman–Crippen LogP) is 2.88. The molecule has 2 N–H and O–H groups in total. The van der Waals surface area contributed by atoms with E-state index in [1.807, 2.05) is 0 Å². The Morgan fingerprint density at radius 1 is 1.22 bits per heavy atom. The number of alkyl halides is 3. The van der Waals surface area contributed by atoms with Gasteiger partial charge in [0.05, 0.1) is 5.56 Å². The van der Waals surface area contributed by atoms with E-state index in [4.69, 9.17) is 5.11 Å². The van der Waals surface area contributed by atoms with Crippen LogP contribution in [0.2, 0.25) is 0 Å². The Kier molecular flexibility index (Phi) is 6.11. The zero-order valence-corrected chi connectivity index (χ0v) is 12.0. The zero-order valence-electron chi connectivity index (χ0n) is 12.0. The number of halogens is 3. The Labute approximate surface area is 129 Å². The zero-order chi connectivity index (χ0) is 17.6. The van der Waals surface area contributed by atoms with E-state index in [0.29, 0.717) is 12.8 Å². The summed E-state index contributed by atoms with van der Waals surface area (Å²) in [5.41, 5.74) is -1.08. The first-order valence-electron chi connectivity index (χ1n) is 6.49. The van der Waals surface area contributed by atoms with Crippen LogP contribution in [0.4, 0.5) is 18.0 Å². The summed E-state index contributed by atoms with van der Waals surface area (Å²) in [6.07, 6.45) is -6.54. The molecule has 1 aromatic carbocycles. The highest BCUT2D eigenvalue weighted by Crippen LogP contribution is 2.35. The molecule has 0 saturated carbocycles. The lowest BCUT2D eigenvalue weighted by atomic mass is 10.0. The summed E-state index contributed by atoms with van der Waals surface area (Å²) in [6, 6.07) is 4.71. The van der Waals surface area contributed by atoms with Gasteiger partial charge in [-0.25, -0.2) is 4.79 Å². The Hall–Kier alpha value is -2.58. The highest BCUT2D eigenvalue weighted by Gasteiger charge is 2.34. The number of rotatable bonds is 2. The molecule has 0 aliphatic carbocycles. The second-order valence-electron chi connectivity index (χ2n) is 4.58. The molecule has 1 aromatic rings. The first-order valence-corrected chi connectivity index (χ1v) is 6.49. The molecule has 0 radical (unpaired) electrons. The molecular formula is C14H14F3NO5. The van der Waals surface area contributed by atoms with Crippen molar-refractivity contribution in [3.8, 4) is 0 Å². The van der Waals surface area contributed by atoms with Crippen molar-refractivity contribution in [2.75, 3.05) is 0 Å². The quantitative estimate of drug-likeness (QED) is 0.641. The number of hydrogen-bond donors (Lipinski definition) is 2. The van der Waals surface area contributed by atoms with Crippen molar-refractivity contribution >= 4 is 18.0 Å². The third kappa shape index (κ3) is 5.97. The van der Waals surface area contributed by atoms with Gasteiger partial charge in [0.25, 0.3) is 0 Å². The Morgan fingerprint density at radius 3 is 2.13 bits per heavy atom. The number of imide groups is 1. The van der Waals surface area contributed by atoms with E-state index < -0.39 is 24.0 Å². The number of hydrogen-bond acceptors (Lipinski definition) is 4. The van der Waals surface area contributed by atoms with E-state index in [-0.39, 0.29) is 17.4 Å². The van der Waals surface area contributed by atoms with E-state index in [2.05, 4.69) is 10.1 Å². The van der Waals surface area contributed by atoms with Crippen molar-refractivity contribution in [2.45, 2.75) is 32.0 Å². The molecule has 0 spiro atoms. The van der Waals surface area contributed by atoms with Gasteiger partial charge in [-0.2, -0.15) is 13.2 Å². The molecule has 1 aliphatic heterocycles. The SMILES string of the molecule is CC(OC(=O)O)c1ccccc1C(F)(F)F.O=C1CCC(=O)N1. The lowest BCUT2D eigenvalue weighted by Gasteiger charge is -2.17. The molecule has 1 fully saturated rings. The van der Waals surface area contributed by atoms with E-state index >= 15 is 0 Å². The van der Waals surface area contributed by atoms with E-state index in [1.54, 1.807) is 0 Å². The number of nitrogens with one attached hydrogen (secondary N) is 1. The number of ether oxygens (including phenoxy) is 1. The molecule has 1 aliphatic rings. The molecule has 1 saturated heterocycles. The van der Waals surface area contributed by atoms with Crippen LogP contribution in [-0.4, -0.2) is 23.1 Å². The van der Waals surface area contributed by atoms with Crippen molar-refractivity contribution in [1.29, 1.82) is 0 Å². The predicted molar refractivity (Wildman–Crippen MR) is 71.4 cm³/mol. The topological polar surface area (TPSA) is 92.7 Å². The van der Waals surface area contributed by atoms with Gasteiger partial charge in [-0.1, -0.05) is 18.2 Å². The van der Waals surface area contributed by atoms with Crippen LogP contribution in [0.3, 0.4) is 0 Å². The third-order valence-electron chi connectivity index (χ3n) is 2.84. The molecule has 1 unspecified atom stereocenters. The molecule has 23 heavy (non-hydrogen) atoms. The minimum atomic E-state index is -4.52. The van der Waals surface area contributed by atoms with Crippen LogP contribution < -0.4 is 5.32 Å². The molecule has 0 aromatic heterocycles. The van der Waals surface area contributed by atoms with Gasteiger partial charge < -0.3 is 9.84 Å². The Morgan fingerprint density at radius 2 is 1.74 bits per heavy atom. The Balaban J connectivity index is 0.000000313. The fourth-order valence-electron chi connectivity index (χ4n) is 1.83. The van der Waals surface area contributed by atoms with Gasteiger partial charge in [-0.15, -0.1) is 0 Å². The van der Waals surface area contributed by atoms with Crippen molar-refractivity contribution in [3.63, 3.8) is 0 Å². The van der Waals surface area contributed by atoms with E-state index in [9.17, 15) is 27.6 Å². The van der Waals surface area contributed by atoms with Gasteiger partial charge in [-0.05, 0) is 13.0 Å². The minimum Gasteiger partial charge on any atom is -0.450 e. The summed E-state index contributed by atoms with van der Waals surface area (Å²) in [5.74, 6) is -0.296. The van der Waals surface area contributed by atoms with Gasteiger partial charge >= 0.3 is 12.3 Å². The highest BCUT2D eigenvalue weighted by molar-refractivity contribution is 6.01. The summed E-state index contributed by atoms with van der Waals surface area (Å²) >= 11 is 0. The van der Waals surface area contributed by atoms with E-state index in [1.165, 1.54) is 25.1 Å². The van der Waals surface area contributed by atoms with Crippen molar-refractivity contribution in [2.24, 2.45) is 0 Å². The summed E-state index contributed by atoms with van der Waals surface area (Å²) in [4.78, 5) is 30.5. The summed E-state index contributed by atoms with van der Waals surface area (Å²) in [6.45, 7) is 1.25. The van der Waals surface area contributed by atoms with Gasteiger partial charge in [0.15, 0.2) is 0 Å². The monoisotopic (exact) mass is 333 g/mol. The van der Waals surface area contributed by atoms with Crippen LogP contribution >= 0.6 is 0 Å². The van der Waals surface area contributed by atoms with Crippen LogP contribution in [0, 0.1) is 0 Å². The number of carbonyl (C=O) groups is 3. The normalized spacial score (nSPS) is 15.3. The van der Waals surface area contributed by atoms with E-state index in [0.717, 1.165) is 6.07 Å². The van der Waals surface area contributed by atoms with Crippen LogP contribution in [0.1, 0.15) is 37.0 Å². The lowest BCUT2D eigenvalue weighted by Crippen LogP contribution is -2.18. The summed E-state index contributed by atoms with van der Waals surface area (Å²) in [7, 11) is 0. The average Bonchev–Trinajstić information content (AvgIpc) is 2.81. The number of carboxylic acid groups (broad SMARTS) is 1. The molecule has 0 bridgehead atoms. The van der Waals surface area contributed by atoms with Crippen LogP contribution in [0.25, 0.3) is 0 Å². The summed E-state index contributed by atoms with van der Waals surface area (Å²) < 4.78 is 41.9. The van der Waals surface area contributed by atoms with Gasteiger partial charge in [0.2, 0.25) is 11.8 Å². The first-order chi connectivity index (χ1) is 10.6. The first kappa shape index (κ1) is 18.5. The second-order valence-corrected chi connectivity index (χ2v) is 4.58. The molecule has 2 amide bonds. The molecule has 9 heteroatoms. The molecular weight excluding hydrogens is 319 g/mol. The number of carbonyl (C=O) groups excluding carboxylic acids is 2. The van der Waals surface area contributed by atoms with Crippen LogP contribution in [-0.2, 0) is 20.5 Å². The van der Waals surface area contributed by atoms with Crippen molar-refractivity contribution in [3.05, 3.63) is 35.4 Å². The van der Waals surface area contributed by atoms with Crippen LogP contribution in [0.5, 0.6) is 0 Å². The van der Waals surface area contributed by atoms with Crippen LogP contribution in [0.15, 0.2) is 24.3 Å². The van der Waals surface area contributed by atoms with Gasteiger partial charge in [0, 0.05) is 18.4 Å². The molecule has 1 atom stereocenters. The lowest BCUT2D eigenvalue weighted by molar-refractivity contribution is -0.139. The smallest absolute Gasteiger partial charge is 0.450 e. The average molecular weight is 333 g/mol. The fourth-order valence-corrected chi connectivity index (χ4v) is 1.83. The third-order valence-corrected chi connectivity index (χ3v) is 2.84. The standard InChI is InChI=1S/C10H9F3O3.C4H5NO2/c1-6(16-9(14)15)7-4-2-3-5-8(7)10(11,12)13;6-3-1-2-4(7)5-3/h2-6H,1H3,(H,14,15);1-2H2,(H,5,6,7). The molecule has 6 nitrogen and oxygen atoms in total. The molecule has 1 heterocycles. The van der Waals surface area contributed by atoms with Gasteiger partial charge in [-0.3, -0.25) is 14.9 Å². The maximum atomic E-state index is 12.5. The molecule has 126 valence electrons. The van der Waals surface area contributed by atoms with Gasteiger partial charge in [0.1, 0.15) is 6.10 Å². The Bertz CT molecular complexity index is 586. The van der Waals surface area contributed by atoms with Crippen molar-refractivity contribution < 1.29 is 37.4 Å². The van der Waals surface area contributed by atoms with Crippen molar-refractivity contribution in [1.82, 2.24) is 5.32 Å². The maximum Gasteiger partial charge on any atom is 0.506 e. The molecule has 2 rings (SSSR count). The summed E-state index contributed by atoms with van der Waals surface area (Å²) in [5, 5.41) is 10.5. The number of benzene rings is 1. The second kappa shape index (κ2) is 7.61. The highest BCUT2D eigenvalue weighted by atomic mass is 19.4.